The van der Waals surface area contributed by atoms with Gasteiger partial charge in [-0.25, -0.2) is 0 Å². The van der Waals surface area contributed by atoms with Crippen LogP contribution in [0.1, 0.15) is 32.6 Å². The molecule has 0 heterocycles. The highest BCUT2D eigenvalue weighted by Gasteiger charge is 2.67. The Hall–Kier alpha value is 0.690. The molecule has 4 atom stereocenters. The van der Waals surface area contributed by atoms with Gasteiger partial charge < -0.3 is 3.07 Å². The van der Waals surface area contributed by atoms with E-state index in [0.717, 1.165) is 23.7 Å². The smallest absolute Gasteiger partial charge is 0.110 e. The lowest BCUT2D eigenvalue weighted by molar-refractivity contribution is -0.195. The molecule has 0 radical (unpaired) electrons. The Labute approximate surface area is 87.9 Å². The van der Waals surface area contributed by atoms with Crippen LogP contribution < -0.4 is 0 Å². The van der Waals surface area contributed by atoms with Gasteiger partial charge in [-0.1, -0.05) is 6.92 Å². The van der Waals surface area contributed by atoms with Gasteiger partial charge in [0.15, 0.2) is 0 Å². The summed E-state index contributed by atoms with van der Waals surface area (Å²) in [6.07, 6.45) is 5.70. The summed E-state index contributed by atoms with van der Waals surface area (Å²) in [6, 6.07) is 0. The van der Waals surface area contributed by atoms with Crippen LogP contribution in [0.5, 0.6) is 0 Å². The van der Waals surface area contributed by atoms with Crippen LogP contribution in [0.4, 0.5) is 0 Å². The van der Waals surface area contributed by atoms with Gasteiger partial charge in [0.25, 0.3) is 0 Å². The highest BCUT2D eigenvalue weighted by Crippen LogP contribution is 2.68. The van der Waals surface area contributed by atoms with Gasteiger partial charge in [-0.3, -0.25) is 0 Å². The maximum Gasteiger partial charge on any atom is 0.110 e. The second kappa shape index (κ2) is 2.38. The van der Waals surface area contributed by atoms with Crippen LogP contribution in [-0.2, 0) is 3.07 Å². The molecule has 1 nitrogen and oxygen atoms in total. The number of fused-ring (bicyclic) bond motifs is 1. The van der Waals surface area contributed by atoms with Crippen LogP contribution in [0, 0.1) is 23.7 Å². The molecule has 3 aliphatic carbocycles. The van der Waals surface area contributed by atoms with E-state index in [1.807, 2.05) is 0 Å². The minimum atomic E-state index is 0.350. The summed E-state index contributed by atoms with van der Waals surface area (Å²) < 4.78 is 5.77. The molecule has 3 rings (SSSR count). The molecule has 0 aromatic carbocycles. The van der Waals surface area contributed by atoms with Crippen molar-refractivity contribution in [2.45, 2.75) is 38.2 Å². The molecule has 4 unspecified atom stereocenters. The van der Waals surface area contributed by atoms with E-state index in [-0.39, 0.29) is 0 Å². The highest BCUT2D eigenvalue weighted by atomic mass is 127. The molecule has 0 amide bonds. The van der Waals surface area contributed by atoms with Crippen LogP contribution in [0.15, 0.2) is 0 Å². The minimum absolute atomic E-state index is 0.350. The van der Waals surface area contributed by atoms with Crippen molar-refractivity contribution in [1.29, 1.82) is 0 Å². The second-order valence-corrected chi connectivity index (χ2v) is 5.45. The number of hydrogen-bond donors (Lipinski definition) is 0. The first kappa shape index (κ1) is 8.04. The molecule has 3 saturated carbocycles. The topological polar surface area (TPSA) is 9.23 Å². The lowest BCUT2D eigenvalue weighted by Gasteiger charge is -2.64. The average molecular weight is 278 g/mol. The molecule has 0 aliphatic heterocycles. The predicted octanol–water partition coefficient (Wildman–Crippen LogP) is 3.18. The van der Waals surface area contributed by atoms with Gasteiger partial charge in [0.05, 0.1) is 5.60 Å². The lowest BCUT2D eigenvalue weighted by atomic mass is 9.45. The maximum absolute atomic E-state index is 5.77. The number of halogens is 1. The van der Waals surface area contributed by atoms with Crippen molar-refractivity contribution in [3.8, 4) is 0 Å². The Morgan fingerprint density at radius 2 is 2.17 bits per heavy atom. The Morgan fingerprint density at radius 3 is 2.58 bits per heavy atom. The third kappa shape index (κ3) is 0.788. The van der Waals surface area contributed by atoms with Gasteiger partial charge >= 0.3 is 0 Å². The summed E-state index contributed by atoms with van der Waals surface area (Å²) in [4.78, 5) is 0. The Bertz CT molecular complexity index is 210. The maximum atomic E-state index is 5.77. The Kier molecular flexibility index (Phi) is 1.59. The van der Waals surface area contributed by atoms with Crippen molar-refractivity contribution in [2.75, 3.05) is 0 Å². The van der Waals surface area contributed by atoms with Gasteiger partial charge in [0, 0.05) is 0 Å². The molecule has 12 heavy (non-hydrogen) atoms. The van der Waals surface area contributed by atoms with Gasteiger partial charge in [-0.05, 0) is 49.4 Å². The monoisotopic (exact) mass is 278 g/mol. The first-order valence-corrected chi connectivity index (χ1v) is 5.96. The van der Waals surface area contributed by atoms with Crippen LogP contribution in [0.3, 0.4) is 0 Å². The fourth-order valence-electron chi connectivity index (χ4n) is 3.67. The minimum Gasteiger partial charge on any atom is -0.308 e. The van der Waals surface area contributed by atoms with Crippen molar-refractivity contribution >= 4 is 23.0 Å². The molecule has 68 valence electrons. The molecule has 3 fully saturated rings. The normalized spacial score (nSPS) is 57.0. The number of hydrogen-bond acceptors (Lipinski definition) is 1. The fraction of sp³-hybridized carbons (Fsp3) is 1.00. The molecule has 0 bridgehead atoms. The second-order valence-electron chi connectivity index (χ2n) is 5.01. The zero-order chi connectivity index (χ0) is 8.34. The first-order chi connectivity index (χ1) is 5.78. The third-order valence-corrected chi connectivity index (χ3v) is 5.17. The molecule has 3 aliphatic rings. The van der Waals surface area contributed by atoms with Gasteiger partial charge in [0.1, 0.15) is 23.0 Å². The quantitative estimate of drug-likeness (QED) is 0.705. The standard InChI is InChI=1S/C10H15IO/c1-6-4-7-5-10(12-11,9(6)7)8-2-3-8/h6-9H,2-5H2,1H3. The van der Waals surface area contributed by atoms with E-state index >= 15 is 0 Å². The van der Waals surface area contributed by atoms with Crippen molar-refractivity contribution < 1.29 is 3.07 Å². The van der Waals surface area contributed by atoms with Crippen LogP contribution in [0.25, 0.3) is 0 Å². The molecule has 0 aromatic rings. The van der Waals surface area contributed by atoms with E-state index in [2.05, 4.69) is 29.9 Å². The van der Waals surface area contributed by atoms with E-state index < -0.39 is 0 Å². The largest absolute Gasteiger partial charge is 0.308 e. The zero-order valence-corrected chi connectivity index (χ0v) is 9.58. The molecule has 0 spiro atoms. The molecule has 0 saturated heterocycles. The van der Waals surface area contributed by atoms with Crippen molar-refractivity contribution in [2.24, 2.45) is 23.7 Å². The summed E-state index contributed by atoms with van der Waals surface area (Å²) in [5.74, 6) is 3.84. The summed E-state index contributed by atoms with van der Waals surface area (Å²) in [6.45, 7) is 2.40. The summed E-state index contributed by atoms with van der Waals surface area (Å²) >= 11 is 2.14. The van der Waals surface area contributed by atoms with Gasteiger partial charge in [0.2, 0.25) is 0 Å². The highest BCUT2D eigenvalue weighted by molar-refractivity contribution is 14.1. The molecular weight excluding hydrogens is 263 g/mol. The van der Waals surface area contributed by atoms with Crippen LogP contribution in [-0.4, -0.2) is 5.60 Å². The SMILES string of the molecule is CC1CC2CC(OI)(C3CC3)C12. The Morgan fingerprint density at radius 1 is 1.42 bits per heavy atom. The number of rotatable bonds is 2. The van der Waals surface area contributed by atoms with Gasteiger partial charge in [-0.2, -0.15) is 0 Å². The van der Waals surface area contributed by atoms with Crippen molar-refractivity contribution in [3.05, 3.63) is 0 Å². The molecule has 0 N–H and O–H groups in total. The third-order valence-electron chi connectivity index (χ3n) is 4.35. The van der Waals surface area contributed by atoms with E-state index in [1.165, 1.54) is 25.7 Å². The van der Waals surface area contributed by atoms with E-state index in [9.17, 15) is 0 Å². The van der Waals surface area contributed by atoms with E-state index in [1.54, 1.807) is 0 Å². The van der Waals surface area contributed by atoms with Crippen molar-refractivity contribution in [1.82, 2.24) is 0 Å². The van der Waals surface area contributed by atoms with Crippen LogP contribution in [0.2, 0.25) is 0 Å². The Balaban J connectivity index is 1.81. The van der Waals surface area contributed by atoms with Crippen LogP contribution >= 0.6 is 23.0 Å². The fourth-order valence-corrected chi connectivity index (χ4v) is 4.51. The molecule has 0 aromatic heterocycles. The summed E-state index contributed by atoms with van der Waals surface area (Å²) in [7, 11) is 0. The predicted molar refractivity (Wildman–Crippen MR) is 55.9 cm³/mol. The lowest BCUT2D eigenvalue weighted by Crippen LogP contribution is -2.64. The molecular formula is C10H15IO. The van der Waals surface area contributed by atoms with E-state index in [0.29, 0.717) is 5.60 Å². The van der Waals surface area contributed by atoms with E-state index in [4.69, 9.17) is 3.07 Å². The first-order valence-electron chi connectivity index (χ1n) is 5.07. The zero-order valence-electron chi connectivity index (χ0n) is 7.42. The molecule has 2 heteroatoms. The van der Waals surface area contributed by atoms with Crippen molar-refractivity contribution in [3.63, 3.8) is 0 Å². The summed E-state index contributed by atoms with van der Waals surface area (Å²) in [5, 5.41) is 0. The van der Waals surface area contributed by atoms with Gasteiger partial charge in [-0.15, -0.1) is 0 Å². The summed E-state index contributed by atoms with van der Waals surface area (Å²) in [5.41, 5.74) is 0.350. The average Bonchev–Trinajstić information content (AvgIpc) is 2.80.